The van der Waals surface area contributed by atoms with E-state index in [0.717, 1.165) is 17.5 Å². The molecule has 0 atom stereocenters. The van der Waals surface area contributed by atoms with E-state index in [1.807, 2.05) is 6.07 Å². The summed E-state index contributed by atoms with van der Waals surface area (Å²) in [5, 5.41) is 0.468. The zero-order valence-corrected chi connectivity index (χ0v) is 13.6. The Hall–Kier alpha value is -1.56. The number of carbonyl (C=O) groups excluding carboxylic acids is 1. The van der Waals surface area contributed by atoms with Gasteiger partial charge in [-0.1, -0.05) is 35.3 Å². The van der Waals surface area contributed by atoms with Crippen LogP contribution >= 0.6 is 23.2 Å². The fraction of sp³-hybridized carbons (Fsp3) is 0.133. The topological polar surface area (TPSA) is 63.2 Å². The van der Waals surface area contributed by atoms with Gasteiger partial charge in [-0.05, 0) is 48.2 Å². The van der Waals surface area contributed by atoms with E-state index in [4.69, 9.17) is 23.2 Å². The molecule has 114 valence electrons. The highest BCUT2D eigenvalue weighted by Gasteiger charge is 2.27. The number of fused-ring (bicyclic) bond motifs is 1. The van der Waals surface area contributed by atoms with Crippen LogP contribution in [0.3, 0.4) is 0 Å². The predicted molar refractivity (Wildman–Crippen MR) is 85.0 cm³/mol. The second-order valence-electron chi connectivity index (χ2n) is 4.95. The molecule has 0 heterocycles. The average molecular weight is 356 g/mol. The highest BCUT2D eigenvalue weighted by atomic mass is 35.5. The summed E-state index contributed by atoms with van der Waals surface area (Å²) in [6.45, 7) is 0. The molecule has 22 heavy (non-hydrogen) atoms. The Labute approximate surface area is 138 Å². The minimum Gasteiger partial charge on any atom is -0.268 e. The van der Waals surface area contributed by atoms with Gasteiger partial charge in [0.25, 0.3) is 15.9 Å². The first-order valence-electron chi connectivity index (χ1n) is 6.51. The SMILES string of the molecule is O=C(NS(=O)(=O)c1cccc2c1CC2)c1ccc(Cl)cc1Cl. The number of hydrogen-bond acceptors (Lipinski definition) is 3. The minimum atomic E-state index is -3.93. The van der Waals surface area contributed by atoms with Crippen molar-refractivity contribution in [3.8, 4) is 0 Å². The van der Waals surface area contributed by atoms with Gasteiger partial charge in [-0.15, -0.1) is 0 Å². The maximum Gasteiger partial charge on any atom is 0.266 e. The highest BCUT2D eigenvalue weighted by molar-refractivity contribution is 7.90. The van der Waals surface area contributed by atoms with Crippen molar-refractivity contribution >= 4 is 39.1 Å². The third-order valence-corrected chi connectivity index (χ3v) is 5.53. The molecular formula is C15H11Cl2NO3S. The molecule has 0 radical (unpaired) electrons. The number of nitrogens with one attached hydrogen (secondary N) is 1. The molecule has 0 aliphatic heterocycles. The van der Waals surface area contributed by atoms with Crippen LogP contribution < -0.4 is 4.72 Å². The Bertz CT molecular complexity index is 878. The van der Waals surface area contributed by atoms with Gasteiger partial charge in [0.2, 0.25) is 0 Å². The van der Waals surface area contributed by atoms with Crippen LogP contribution in [0.4, 0.5) is 0 Å². The second kappa shape index (κ2) is 5.57. The van der Waals surface area contributed by atoms with Gasteiger partial charge < -0.3 is 0 Å². The number of carbonyl (C=O) groups is 1. The van der Waals surface area contributed by atoms with E-state index >= 15 is 0 Å². The molecule has 4 nitrogen and oxygen atoms in total. The summed E-state index contributed by atoms with van der Waals surface area (Å²) < 4.78 is 26.9. The van der Waals surface area contributed by atoms with E-state index in [0.29, 0.717) is 11.4 Å². The Morgan fingerprint density at radius 3 is 2.50 bits per heavy atom. The van der Waals surface area contributed by atoms with Crippen molar-refractivity contribution in [2.24, 2.45) is 0 Å². The van der Waals surface area contributed by atoms with Gasteiger partial charge in [-0.3, -0.25) is 4.79 Å². The van der Waals surface area contributed by atoms with Crippen LogP contribution in [0.15, 0.2) is 41.3 Å². The van der Waals surface area contributed by atoms with E-state index in [1.165, 1.54) is 24.3 Å². The van der Waals surface area contributed by atoms with Crippen molar-refractivity contribution in [1.29, 1.82) is 0 Å². The lowest BCUT2D eigenvalue weighted by Gasteiger charge is -2.22. The fourth-order valence-corrected chi connectivity index (χ4v) is 4.14. The maximum absolute atomic E-state index is 12.4. The number of rotatable bonds is 3. The van der Waals surface area contributed by atoms with Gasteiger partial charge in [0, 0.05) is 5.02 Å². The fourth-order valence-electron chi connectivity index (χ4n) is 2.37. The molecule has 2 aromatic rings. The van der Waals surface area contributed by atoms with Gasteiger partial charge in [-0.2, -0.15) is 0 Å². The molecule has 0 saturated heterocycles. The second-order valence-corrected chi connectivity index (χ2v) is 7.45. The van der Waals surface area contributed by atoms with Crippen molar-refractivity contribution in [2.75, 3.05) is 0 Å². The third kappa shape index (κ3) is 2.72. The molecule has 0 unspecified atom stereocenters. The molecule has 1 aliphatic rings. The van der Waals surface area contributed by atoms with Crippen LogP contribution in [0.25, 0.3) is 0 Å². The smallest absolute Gasteiger partial charge is 0.266 e. The molecule has 1 aliphatic carbocycles. The van der Waals surface area contributed by atoms with Crippen molar-refractivity contribution in [2.45, 2.75) is 17.7 Å². The van der Waals surface area contributed by atoms with Crippen molar-refractivity contribution in [3.63, 3.8) is 0 Å². The molecule has 2 aromatic carbocycles. The van der Waals surface area contributed by atoms with Crippen molar-refractivity contribution in [1.82, 2.24) is 4.72 Å². The lowest BCUT2D eigenvalue weighted by Crippen LogP contribution is -2.32. The molecule has 0 aromatic heterocycles. The van der Waals surface area contributed by atoms with Crippen LogP contribution in [0.1, 0.15) is 21.5 Å². The number of benzene rings is 2. The van der Waals surface area contributed by atoms with E-state index in [2.05, 4.69) is 4.72 Å². The summed E-state index contributed by atoms with van der Waals surface area (Å²) in [5.74, 6) is -0.779. The number of halogens is 2. The molecule has 0 spiro atoms. The molecule has 0 fully saturated rings. The zero-order chi connectivity index (χ0) is 15.9. The molecule has 1 amide bonds. The lowest BCUT2D eigenvalue weighted by molar-refractivity contribution is 0.0981. The lowest BCUT2D eigenvalue weighted by atomic mass is 9.89. The standard InChI is InChI=1S/C15H11Cl2NO3S/c16-10-5-7-12(13(17)8-10)15(19)18-22(20,21)14-3-1-2-9-4-6-11(9)14/h1-3,5,7-8H,4,6H2,(H,18,19). The minimum absolute atomic E-state index is 0.0596. The predicted octanol–water partition coefficient (Wildman–Crippen LogP) is 3.21. The molecule has 3 rings (SSSR count). The zero-order valence-electron chi connectivity index (χ0n) is 11.3. The number of aryl methyl sites for hydroxylation is 1. The maximum atomic E-state index is 12.4. The number of hydrogen-bond donors (Lipinski definition) is 1. The number of amides is 1. The quantitative estimate of drug-likeness (QED) is 0.919. The highest BCUT2D eigenvalue weighted by Crippen LogP contribution is 2.29. The van der Waals surface area contributed by atoms with Gasteiger partial charge in [0.1, 0.15) is 0 Å². The Kier molecular flexibility index (Phi) is 3.89. The summed E-state index contributed by atoms with van der Waals surface area (Å²) in [6, 6.07) is 9.31. The van der Waals surface area contributed by atoms with Crippen LogP contribution in [0, 0.1) is 0 Å². The molecule has 7 heteroatoms. The van der Waals surface area contributed by atoms with Gasteiger partial charge in [-0.25, -0.2) is 13.1 Å². The van der Waals surface area contributed by atoms with Crippen LogP contribution in [0.5, 0.6) is 0 Å². The Balaban J connectivity index is 1.91. The van der Waals surface area contributed by atoms with E-state index < -0.39 is 15.9 Å². The van der Waals surface area contributed by atoms with Crippen molar-refractivity contribution in [3.05, 3.63) is 63.1 Å². The summed E-state index contributed by atoms with van der Waals surface area (Å²) in [5.41, 5.74) is 1.83. The normalized spacial score (nSPS) is 13.2. The van der Waals surface area contributed by atoms with Gasteiger partial charge >= 0.3 is 0 Å². The third-order valence-electron chi connectivity index (χ3n) is 3.57. The van der Waals surface area contributed by atoms with E-state index in [-0.39, 0.29) is 15.5 Å². The first-order chi connectivity index (χ1) is 10.4. The molecule has 1 N–H and O–H groups in total. The first-order valence-corrected chi connectivity index (χ1v) is 8.75. The van der Waals surface area contributed by atoms with Crippen LogP contribution in [-0.4, -0.2) is 14.3 Å². The van der Waals surface area contributed by atoms with Crippen LogP contribution in [-0.2, 0) is 22.9 Å². The molecule has 0 saturated carbocycles. The number of sulfonamides is 1. The Morgan fingerprint density at radius 1 is 1.09 bits per heavy atom. The Morgan fingerprint density at radius 2 is 1.86 bits per heavy atom. The molecule has 0 bridgehead atoms. The average Bonchev–Trinajstić information content (AvgIpc) is 2.39. The van der Waals surface area contributed by atoms with Gasteiger partial charge in [0.15, 0.2) is 0 Å². The van der Waals surface area contributed by atoms with E-state index in [9.17, 15) is 13.2 Å². The van der Waals surface area contributed by atoms with E-state index in [1.54, 1.807) is 6.07 Å². The summed E-state index contributed by atoms with van der Waals surface area (Å²) in [4.78, 5) is 12.3. The largest absolute Gasteiger partial charge is 0.268 e. The van der Waals surface area contributed by atoms with Gasteiger partial charge in [0.05, 0.1) is 15.5 Å². The van der Waals surface area contributed by atoms with Crippen LogP contribution in [0.2, 0.25) is 10.0 Å². The summed E-state index contributed by atoms with van der Waals surface area (Å²) in [6.07, 6.45) is 1.55. The summed E-state index contributed by atoms with van der Waals surface area (Å²) >= 11 is 11.7. The van der Waals surface area contributed by atoms with Crippen molar-refractivity contribution < 1.29 is 13.2 Å². The first kappa shape index (κ1) is 15.3. The monoisotopic (exact) mass is 355 g/mol. The molecular weight excluding hydrogens is 345 g/mol. The summed E-state index contributed by atoms with van der Waals surface area (Å²) in [7, 11) is -3.93.